The molecule has 5 heteroatoms. The molecule has 0 aliphatic heterocycles. The van der Waals surface area contributed by atoms with E-state index < -0.39 is 0 Å². The second-order valence-electron chi connectivity index (χ2n) is 4.61. The molecule has 5 nitrogen and oxygen atoms in total. The number of nitrogens with zero attached hydrogens (tertiary/aromatic N) is 2. The molecule has 0 atom stereocenters. The molecule has 0 unspecified atom stereocenters. The first-order chi connectivity index (χ1) is 7.72. The zero-order chi connectivity index (χ0) is 11.5. The van der Waals surface area contributed by atoms with Gasteiger partial charge in [0.2, 0.25) is 0 Å². The molecular weight excluding hydrogens is 202 g/mol. The number of hydrogen-bond acceptors (Lipinski definition) is 5. The van der Waals surface area contributed by atoms with Gasteiger partial charge in [-0.05, 0) is 24.7 Å². The SMILES string of the molecule is CC(C)c1c(NN)ncnc1NCC1CC1. The molecular formula is C11H19N5. The Balaban J connectivity index is 2.19. The van der Waals surface area contributed by atoms with Crippen LogP contribution in [0, 0.1) is 5.92 Å². The number of aromatic nitrogens is 2. The van der Waals surface area contributed by atoms with Gasteiger partial charge in [-0.1, -0.05) is 13.8 Å². The zero-order valence-corrected chi connectivity index (χ0v) is 9.83. The number of rotatable bonds is 5. The summed E-state index contributed by atoms with van der Waals surface area (Å²) in [5.41, 5.74) is 3.69. The predicted molar refractivity (Wildman–Crippen MR) is 65.1 cm³/mol. The Morgan fingerprint density at radius 3 is 2.62 bits per heavy atom. The number of hydrazine groups is 1. The second kappa shape index (κ2) is 4.65. The van der Waals surface area contributed by atoms with Crippen molar-refractivity contribution >= 4 is 11.6 Å². The van der Waals surface area contributed by atoms with Gasteiger partial charge < -0.3 is 10.7 Å². The quantitative estimate of drug-likeness (QED) is 0.521. The van der Waals surface area contributed by atoms with E-state index in [2.05, 4.69) is 34.6 Å². The van der Waals surface area contributed by atoms with Crippen LogP contribution >= 0.6 is 0 Å². The lowest BCUT2D eigenvalue weighted by Gasteiger charge is -2.16. The van der Waals surface area contributed by atoms with Crippen molar-refractivity contribution in [3.8, 4) is 0 Å². The first-order valence-electron chi connectivity index (χ1n) is 5.77. The van der Waals surface area contributed by atoms with Gasteiger partial charge in [0, 0.05) is 12.1 Å². The first kappa shape index (κ1) is 11.1. The van der Waals surface area contributed by atoms with Crippen molar-refractivity contribution < 1.29 is 0 Å². The predicted octanol–water partition coefficient (Wildman–Crippen LogP) is 1.71. The highest BCUT2D eigenvalue weighted by Crippen LogP contribution is 2.31. The first-order valence-corrected chi connectivity index (χ1v) is 5.77. The lowest BCUT2D eigenvalue weighted by atomic mass is 10.0. The fourth-order valence-electron chi connectivity index (χ4n) is 1.76. The summed E-state index contributed by atoms with van der Waals surface area (Å²) in [6.07, 6.45) is 4.20. The van der Waals surface area contributed by atoms with Crippen molar-refractivity contribution in [1.29, 1.82) is 0 Å². The van der Waals surface area contributed by atoms with Crippen LogP contribution in [-0.4, -0.2) is 16.5 Å². The Bertz CT molecular complexity index is 359. The summed E-state index contributed by atoms with van der Waals surface area (Å²) in [5, 5.41) is 3.38. The normalized spacial score (nSPS) is 15.2. The molecule has 1 aromatic heterocycles. The minimum Gasteiger partial charge on any atom is -0.369 e. The van der Waals surface area contributed by atoms with Crippen molar-refractivity contribution in [3.05, 3.63) is 11.9 Å². The summed E-state index contributed by atoms with van der Waals surface area (Å²) < 4.78 is 0. The zero-order valence-electron chi connectivity index (χ0n) is 9.83. The molecule has 4 N–H and O–H groups in total. The maximum Gasteiger partial charge on any atom is 0.148 e. The van der Waals surface area contributed by atoms with E-state index in [1.54, 1.807) is 0 Å². The third kappa shape index (κ3) is 2.41. The third-order valence-corrected chi connectivity index (χ3v) is 2.85. The lowest BCUT2D eigenvalue weighted by Crippen LogP contribution is -2.15. The maximum atomic E-state index is 5.46. The van der Waals surface area contributed by atoms with Crippen molar-refractivity contribution in [1.82, 2.24) is 9.97 Å². The highest BCUT2D eigenvalue weighted by molar-refractivity contribution is 5.58. The van der Waals surface area contributed by atoms with Crippen LogP contribution in [0.3, 0.4) is 0 Å². The molecule has 0 amide bonds. The van der Waals surface area contributed by atoms with Gasteiger partial charge in [-0.3, -0.25) is 0 Å². The topological polar surface area (TPSA) is 75.9 Å². The Kier molecular flexibility index (Phi) is 3.24. The highest BCUT2D eigenvalue weighted by Gasteiger charge is 2.22. The molecule has 16 heavy (non-hydrogen) atoms. The van der Waals surface area contributed by atoms with E-state index >= 15 is 0 Å². The van der Waals surface area contributed by atoms with Crippen LogP contribution in [0.2, 0.25) is 0 Å². The van der Waals surface area contributed by atoms with Gasteiger partial charge in [0.1, 0.15) is 18.0 Å². The van der Waals surface area contributed by atoms with E-state index in [1.165, 1.54) is 19.2 Å². The van der Waals surface area contributed by atoms with Crippen molar-refractivity contribution in [2.45, 2.75) is 32.6 Å². The van der Waals surface area contributed by atoms with Crippen LogP contribution in [0.25, 0.3) is 0 Å². The highest BCUT2D eigenvalue weighted by atomic mass is 15.3. The smallest absolute Gasteiger partial charge is 0.148 e. The van der Waals surface area contributed by atoms with Crippen molar-refractivity contribution in [2.75, 3.05) is 17.3 Å². The monoisotopic (exact) mass is 221 g/mol. The van der Waals surface area contributed by atoms with E-state index in [4.69, 9.17) is 5.84 Å². The van der Waals surface area contributed by atoms with Crippen LogP contribution < -0.4 is 16.6 Å². The molecule has 1 aliphatic carbocycles. The van der Waals surface area contributed by atoms with E-state index in [9.17, 15) is 0 Å². The molecule has 1 aromatic rings. The molecule has 1 fully saturated rings. The average Bonchev–Trinajstić information content (AvgIpc) is 3.09. The molecule has 2 rings (SSSR count). The van der Waals surface area contributed by atoms with Crippen LogP contribution in [0.5, 0.6) is 0 Å². The van der Waals surface area contributed by atoms with Crippen molar-refractivity contribution in [3.63, 3.8) is 0 Å². The van der Waals surface area contributed by atoms with E-state index in [0.717, 1.165) is 23.8 Å². The minimum absolute atomic E-state index is 0.342. The average molecular weight is 221 g/mol. The van der Waals surface area contributed by atoms with Crippen LogP contribution in [0.15, 0.2) is 6.33 Å². The minimum atomic E-state index is 0.342. The number of hydrogen-bond donors (Lipinski definition) is 3. The third-order valence-electron chi connectivity index (χ3n) is 2.85. The summed E-state index contributed by atoms with van der Waals surface area (Å²) in [5.74, 6) is 8.24. The van der Waals surface area contributed by atoms with E-state index in [1.807, 2.05) is 0 Å². The molecule has 1 saturated carbocycles. The van der Waals surface area contributed by atoms with Crippen LogP contribution in [-0.2, 0) is 0 Å². The number of nitrogens with two attached hydrogens (primary N) is 1. The van der Waals surface area contributed by atoms with Gasteiger partial charge in [0.15, 0.2) is 0 Å². The largest absolute Gasteiger partial charge is 0.369 e. The standard InChI is InChI=1S/C11H19N5/c1-7(2)9-10(13-5-8-3-4-8)14-6-15-11(9)16-12/h6-8H,3-5,12H2,1-2H3,(H2,13,14,15,16). The van der Waals surface area contributed by atoms with Gasteiger partial charge >= 0.3 is 0 Å². The second-order valence-corrected chi connectivity index (χ2v) is 4.61. The molecule has 1 aliphatic rings. The molecule has 0 spiro atoms. The molecule has 0 aromatic carbocycles. The Morgan fingerprint density at radius 2 is 2.06 bits per heavy atom. The Hall–Kier alpha value is -1.36. The van der Waals surface area contributed by atoms with Gasteiger partial charge in [-0.2, -0.15) is 0 Å². The van der Waals surface area contributed by atoms with Gasteiger partial charge in [0.05, 0.1) is 0 Å². The molecule has 0 bridgehead atoms. The molecule has 88 valence electrons. The van der Waals surface area contributed by atoms with E-state index in [-0.39, 0.29) is 0 Å². The Morgan fingerprint density at radius 1 is 1.38 bits per heavy atom. The Labute approximate surface area is 95.8 Å². The molecule has 1 heterocycles. The summed E-state index contributed by atoms with van der Waals surface area (Å²) in [6.45, 7) is 5.23. The fourth-order valence-corrected chi connectivity index (χ4v) is 1.76. The summed E-state index contributed by atoms with van der Waals surface area (Å²) in [6, 6.07) is 0. The number of nitrogens with one attached hydrogen (secondary N) is 2. The summed E-state index contributed by atoms with van der Waals surface area (Å²) >= 11 is 0. The van der Waals surface area contributed by atoms with E-state index in [0.29, 0.717) is 11.7 Å². The van der Waals surface area contributed by atoms with Gasteiger partial charge in [-0.15, -0.1) is 0 Å². The molecule has 0 radical (unpaired) electrons. The molecule has 0 saturated heterocycles. The number of anilines is 2. The lowest BCUT2D eigenvalue weighted by molar-refractivity contribution is 0.829. The summed E-state index contributed by atoms with van der Waals surface area (Å²) in [7, 11) is 0. The number of nitrogen functional groups attached to an aromatic ring is 1. The fraction of sp³-hybridized carbons (Fsp3) is 0.636. The van der Waals surface area contributed by atoms with Crippen LogP contribution in [0.4, 0.5) is 11.6 Å². The van der Waals surface area contributed by atoms with Gasteiger partial charge in [-0.25, -0.2) is 15.8 Å². The maximum absolute atomic E-state index is 5.46. The van der Waals surface area contributed by atoms with Crippen LogP contribution in [0.1, 0.15) is 38.2 Å². The van der Waals surface area contributed by atoms with Crippen molar-refractivity contribution in [2.24, 2.45) is 11.8 Å². The summed E-state index contributed by atoms with van der Waals surface area (Å²) in [4.78, 5) is 8.43. The van der Waals surface area contributed by atoms with Gasteiger partial charge in [0.25, 0.3) is 0 Å².